The van der Waals surface area contributed by atoms with E-state index in [4.69, 9.17) is 0 Å². The maximum atomic E-state index is 11.8. The summed E-state index contributed by atoms with van der Waals surface area (Å²) in [5, 5.41) is 3.03. The third kappa shape index (κ3) is 3.28. The van der Waals surface area contributed by atoms with Crippen LogP contribution in [0.15, 0.2) is 24.3 Å². The fourth-order valence-electron chi connectivity index (χ4n) is 2.64. The molecule has 3 heteroatoms. The van der Waals surface area contributed by atoms with Crippen molar-refractivity contribution in [2.24, 2.45) is 0 Å². The Labute approximate surface area is 116 Å². The van der Waals surface area contributed by atoms with Gasteiger partial charge in [0, 0.05) is 30.7 Å². The van der Waals surface area contributed by atoms with Gasteiger partial charge in [0.2, 0.25) is 5.91 Å². The molecule has 19 heavy (non-hydrogen) atoms. The summed E-state index contributed by atoms with van der Waals surface area (Å²) in [7, 11) is 0. The Morgan fingerprint density at radius 3 is 2.95 bits per heavy atom. The summed E-state index contributed by atoms with van der Waals surface area (Å²) in [6.45, 7) is 7.17. The van der Waals surface area contributed by atoms with Gasteiger partial charge in [0.15, 0.2) is 0 Å². The van der Waals surface area contributed by atoms with Crippen LogP contribution in [0, 0.1) is 0 Å². The van der Waals surface area contributed by atoms with Crippen LogP contribution >= 0.6 is 0 Å². The number of hydrogen-bond acceptors (Lipinski definition) is 2. The minimum atomic E-state index is 0.158. The predicted octanol–water partition coefficient (Wildman–Crippen LogP) is 2.74. The molecule has 0 aromatic heterocycles. The zero-order chi connectivity index (χ0) is 13.8. The zero-order valence-electron chi connectivity index (χ0n) is 12.1. The number of rotatable bonds is 5. The number of nitrogens with one attached hydrogen (secondary N) is 1. The number of para-hydroxylation sites is 1. The van der Waals surface area contributed by atoms with Crippen molar-refractivity contribution in [3.8, 4) is 0 Å². The minimum Gasteiger partial charge on any atom is -0.368 e. The van der Waals surface area contributed by atoms with E-state index in [0.29, 0.717) is 12.5 Å². The maximum Gasteiger partial charge on any atom is 0.221 e. The summed E-state index contributed by atoms with van der Waals surface area (Å²) in [5.41, 5.74) is 2.70. The molecule has 1 heterocycles. The first kappa shape index (κ1) is 13.9. The summed E-state index contributed by atoms with van der Waals surface area (Å²) in [6.07, 6.45) is 2.64. The van der Waals surface area contributed by atoms with Crippen molar-refractivity contribution in [2.45, 2.75) is 52.1 Å². The molecule has 0 radical (unpaired) electrons. The molecule has 2 unspecified atom stereocenters. The summed E-state index contributed by atoms with van der Waals surface area (Å²) < 4.78 is 0. The molecule has 0 saturated heterocycles. The van der Waals surface area contributed by atoms with Gasteiger partial charge in [-0.3, -0.25) is 4.79 Å². The normalized spacial score (nSPS) is 19.1. The molecule has 0 bridgehead atoms. The Morgan fingerprint density at radius 2 is 2.21 bits per heavy atom. The maximum absolute atomic E-state index is 11.8. The molecule has 1 amide bonds. The SMILES string of the molecule is CCC(C)NC(=O)CCN1c2ccccc2CC1C. The number of benzene rings is 1. The topological polar surface area (TPSA) is 32.3 Å². The Balaban J connectivity index is 1.91. The van der Waals surface area contributed by atoms with E-state index in [2.05, 4.69) is 48.3 Å². The highest BCUT2D eigenvalue weighted by Gasteiger charge is 2.25. The Kier molecular flexibility index (Phi) is 4.46. The standard InChI is InChI=1S/C16H24N2O/c1-4-12(2)17-16(19)9-10-18-13(3)11-14-7-5-6-8-15(14)18/h5-8,12-13H,4,9-11H2,1-3H3,(H,17,19). The van der Waals surface area contributed by atoms with Crippen LogP contribution in [0.4, 0.5) is 5.69 Å². The van der Waals surface area contributed by atoms with E-state index in [1.807, 2.05) is 6.92 Å². The van der Waals surface area contributed by atoms with Gasteiger partial charge in [-0.05, 0) is 38.3 Å². The lowest BCUT2D eigenvalue weighted by molar-refractivity contribution is -0.121. The van der Waals surface area contributed by atoms with Gasteiger partial charge in [-0.1, -0.05) is 25.1 Å². The molecular formula is C16H24N2O. The molecular weight excluding hydrogens is 236 g/mol. The van der Waals surface area contributed by atoms with Crippen LogP contribution in [0.2, 0.25) is 0 Å². The summed E-state index contributed by atoms with van der Waals surface area (Å²) >= 11 is 0. The molecule has 1 aromatic carbocycles. The highest BCUT2D eigenvalue weighted by atomic mass is 16.1. The van der Waals surface area contributed by atoms with Gasteiger partial charge in [-0.2, -0.15) is 0 Å². The Morgan fingerprint density at radius 1 is 1.47 bits per heavy atom. The summed E-state index contributed by atoms with van der Waals surface area (Å²) in [4.78, 5) is 14.2. The lowest BCUT2D eigenvalue weighted by Gasteiger charge is -2.25. The van der Waals surface area contributed by atoms with Gasteiger partial charge in [-0.25, -0.2) is 0 Å². The number of carbonyl (C=O) groups is 1. The second kappa shape index (κ2) is 6.09. The predicted molar refractivity (Wildman–Crippen MR) is 79.5 cm³/mol. The van der Waals surface area contributed by atoms with Gasteiger partial charge < -0.3 is 10.2 Å². The van der Waals surface area contributed by atoms with Crippen LogP contribution in [0.5, 0.6) is 0 Å². The second-order valence-corrected chi connectivity index (χ2v) is 5.50. The molecule has 0 saturated carbocycles. The number of nitrogens with zero attached hydrogens (tertiary/aromatic N) is 1. The third-order valence-electron chi connectivity index (χ3n) is 3.95. The van der Waals surface area contributed by atoms with Crippen LogP contribution in [-0.2, 0) is 11.2 Å². The summed E-state index contributed by atoms with van der Waals surface area (Å²) in [5.74, 6) is 0.158. The minimum absolute atomic E-state index is 0.158. The van der Waals surface area contributed by atoms with Crippen molar-refractivity contribution in [1.82, 2.24) is 5.32 Å². The Hall–Kier alpha value is -1.51. The van der Waals surface area contributed by atoms with Crippen LogP contribution in [-0.4, -0.2) is 24.5 Å². The second-order valence-electron chi connectivity index (χ2n) is 5.50. The van der Waals surface area contributed by atoms with Crippen molar-refractivity contribution in [3.63, 3.8) is 0 Å². The van der Waals surface area contributed by atoms with Crippen LogP contribution in [0.25, 0.3) is 0 Å². The van der Waals surface area contributed by atoms with E-state index in [9.17, 15) is 4.79 Å². The largest absolute Gasteiger partial charge is 0.368 e. The molecule has 3 nitrogen and oxygen atoms in total. The average molecular weight is 260 g/mol. The fourth-order valence-corrected chi connectivity index (χ4v) is 2.64. The summed E-state index contributed by atoms with van der Waals surface area (Å²) in [6, 6.07) is 9.27. The number of amides is 1. The smallest absolute Gasteiger partial charge is 0.221 e. The fraction of sp³-hybridized carbons (Fsp3) is 0.562. The number of anilines is 1. The zero-order valence-corrected chi connectivity index (χ0v) is 12.1. The van der Waals surface area contributed by atoms with Gasteiger partial charge in [0.1, 0.15) is 0 Å². The highest BCUT2D eigenvalue weighted by molar-refractivity contribution is 5.77. The van der Waals surface area contributed by atoms with Gasteiger partial charge in [0.25, 0.3) is 0 Å². The van der Waals surface area contributed by atoms with Crippen molar-refractivity contribution >= 4 is 11.6 Å². The van der Waals surface area contributed by atoms with E-state index in [-0.39, 0.29) is 11.9 Å². The van der Waals surface area contributed by atoms with Crippen molar-refractivity contribution < 1.29 is 4.79 Å². The molecule has 2 rings (SSSR count). The van der Waals surface area contributed by atoms with Gasteiger partial charge in [0.05, 0.1) is 0 Å². The van der Waals surface area contributed by atoms with Gasteiger partial charge >= 0.3 is 0 Å². The number of carbonyl (C=O) groups excluding carboxylic acids is 1. The molecule has 0 spiro atoms. The molecule has 2 atom stereocenters. The first-order chi connectivity index (χ1) is 9.11. The van der Waals surface area contributed by atoms with E-state index >= 15 is 0 Å². The quantitative estimate of drug-likeness (QED) is 0.883. The number of fused-ring (bicyclic) bond motifs is 1. The molecule has 1 aliphatic heterocycles. The van der Waals surface area contributed by atoms with Crippen LogP contribution in [0.1, 0.15) is 39.2 Å². The van der Waals surface area contributed by atoms with E-state index in [1.165, 1.54) is 11.3 Å². The van der Waals surface area contributed by atoms with Crippen LogP contribution < -0.4 is 10.2 Å². The molecule has 104 valence electrons. The molecule has 0 fully saturated rings. The van der Waals surface area contributed by atoms with E-state index in [0.717, 1.165) is 19.4 Å². The van der Waals surface area contributed by atoms with E-state index < -0.39 is 0 Å². The van der Waals surface area contributed by atoms with Crippen molar-refractivity contribution in [3.05, 3.63) is 29.8 Å². The monoisotopic (exact) mass is 260 g/mol. The van der Waals surface area contributed by atoms with Crippen molar-refractivity contribution in [2.75, 3.05) is 11.4 Å². The lowest BCUT2D eigenvalue weighted by Crippen LogP contribution is -2.37. The molecule has 1 aliphatic rings. The molecule has 1 N–H and O–H groups in total. The molecule has 1 aromatic rings. The molecule has 0 aliphatic carbocycles. The van der Waals surface area contributed by atoms with Gasteiger partial charge in [-0.15, -0.1) is 0 Å². The lowest BCUT2D eigenvalue weighted by atomic mass is 10.1. The van der Waals surface area contributed by atoms with Crippen LogP contribution in [0.3, 0.4) is 0 Å². The third-order valence-corrected chi connectivity index (χ3v) is 3.95. The number of hydrogen-bond donors (Lipinski definition) is 1. The van der Waals surface area contributed by atoms with Crippen molar-refractivity contribution in [1.29, 1.82) is 0 Å². The first-order valence-electron chi connectivity index (χ1n) is 7.25. The highest BCUT2D eigenvalue weighted by Crippen LogP contribution is 2.31. The average Bonchev–Trinajstić information content (AvgIpc) is 2.71. The first-order valence-corrected chi connectivity index (χ1v) is 7.25. The Bertz CT molecular complexity index is 444. The van der Waals surface area contributed by atoms with E-state index in [1.54, 1.807) is 0 Å².